The number of ether oxygens (including phenoxy) is 2. The van der Waals surface area contributed by atoms with E-state index in [1.54, 1.807) is 12.1 Å². The van der Waals surface area contributed by atoms with Crippen molar-refractivity contribution in [1.29, 1.82) is 0 Å². The van der Waals surface area contributed by atoms with Crippen LogP contribution in [-0.2, 0) is 24.7 Å². The predicted octanol–water partition coefficient (Wildman–Crippen LogP) is 2.39. The van der Waals surface area contributed by atoms with E-state index in [9.17, 15) is 14.7 Å². The van der Waals surface area contributed by atoms with Gasteiger partial charge in [0.05, 0.1) is 20.2 Å². The number of likely N-dealkylation sites (N-methyl/N-ethyl adjacent to an activating group) is 1. The van der Waals surface area contributed by atoms with Crippen molar-refractivity contribution in [3.05, 3.63) is 35.9 Å². The summed E-state index contributed by atoms with van der Waals surface area (Å²) in [6.07, 6.45) is 4.07. The van der Waals surface area contributed by atoms with E-state index in [-0.39, 0.29) is 24.5 Å². The molecular formula is C22H32NO5+. The molecule has 1 saturated heterocycles. The summed E-state index contributed by atoms with van der Waals surface area (Å²) in [4.78, 5) is 25.0. The van der Waals surface area contributed by atoms with Crippen LogP contribution in [0.1, 0.15) is 44.6 Å². The molecule has 3 atom stereocenters. The van der Waals surface area contributed by atoms with E-state index < -0.39 is 11.6 Å². The van der Waals surface area contributed by atoms with Gasteiger partial charge in [-0.15, -0.1) is 0 Å². The van der Waals surface area contributed by atoms with Gasteiger partial charge in [-0.05, 0) is 25.3 Å². The quantitative estimate of drug-likeness (QED) is 0.572. The standard InChI is InChI=1S/C22H32NO5/c1-3-23(16-20(24)27-2)14-13-19(15-23)28-21(25)22(26,18-11-7-8-12-18)17-9-5-4-6-10-17/h4-6,9-10,18-19,26H,3,7-8,11-16H2,1-2H3/q+1. The molecule has 2 aliphatic rings. The minimum Gasteiger partial charge on any atom is -0.465 e. The Hall–Kier alpha value is -1.92. The van der Waals surface area contributed by atoms with Crippen LogP contribution >= 0.6 is 0 Å². The van der Waals surface area contributed by atoms with Crippen molar-refractivity contribution in [3.8, 4) is 0 Å². The van der Waals surface area contributed by atoms with Crippen LogP contribution < -0.4 is 0 Å². The molecule has 0 spiro atoms. The minimum atomic E-state index is -1.61. The first-order valence-corrected chi connectivity index (χ1v) is 10.3. The van der Waals surface area contributed by atoms with Gasteiger partial charge in [-0.1, -0.05) is 43.2 Å². The second-order valence-corrected chi connectivity index (χ2v) is 8.23. The Labute approximate surface area is 167 Å². The smallest absolute Gasteiger partial charge is 0.361 e. The highest BCUT2D eigenvalue weighted by Crippen LogP contribution is 2.42. The van der Waals surface area contributed by atoms with Crippen LogP contribution in [0.25, 0.3) is 0 Å². The molecular weight excluding hydrogens is 358 g/mol. The molecule has 3 unspecified atom stereocenters. The molecule has 1 aliphatic heterocycles. The SMILES string of the molecule is CC[N+]1(CC(=O)OC)CCC(OC(=O)C(O)(c2ccccc2)C2CCCC2)C1. The number of quaternary nitrogens is 1. The number of esters is 2. The third kappa shape index (κ3) is 4.08. The summed E-state index contributed by atoms with van der Waals surface area (Å²) in [5.74, 6) is -0.922. The first kappa shape index (κ1) is 20.8. The monoisotopic (exact) mass is 390 g/mol. The largest absolute Gasteiger partial charge is 0.465 e. The molecule has 1 aromatic rings. The van der Waals surface area contributed by atoms with Crippen molar-refractivity contribution in [3.63, 3.8) is 0 Å². The molecule has 2 fully saturated rings. The van der Waals surface area contributed by atoms with Gasteiger partial charge in [-0.25, -0.2) is 9.59 Å². The molecule has 1 aliphatic carbocycles. The van der Waals surface area contributed by atoms with Crippen molar-refractivity contribution in [2.75, 3.05) is 33.3 Å². The molecule has 6 heteroatoms. The average molecular weight is 391 g/mol. The van der Waals surface area contributed by atoms with Crippen molar-refractivity contribution >= 4 is 11.9 Å². The van der Waals surface area contributed by atoms with Gasteiger partial charge < -0.3 is 19.1 Å². The summed E-state index contributed by atoms with van der Waals surface area (Å²) in [6, 6.07) is 9.16. The maximum atomic E-state index is 13.2. The first-order chi connectivity index (χ1) is 13.4. The molecule has 28 heavy (non-hydrogen) atoms. The van der Waals surface area contributed by atoms with Crippen LogP contribution in [0.4, 0.5) is 0 Å². The molecule has 154 valence electrons. The predicted molar refractivity (Wildman–Crippen MR) is 104 cm³/mol. The number of aliphatic hydroxyl groups is 1. The van der Waals surface area contributed by atoms with Gasteiger partial charge in [0.2, 0.25) is 0 Å². The zero-order valence-electron chi connectivity index (χ0n) is 16.9. The number of nitrogens with zero attached hydrogens (tertiary/aromatic N) is 1. The Kier molecular flexibility index (Phi) is 6.40. The molecule has 1 heterocycles. The molecule has 3 rings (SSSR count). The zero-order chi connectivity index (χ0) is 20.2. The summed E-state index contributed by atoms with van der Waals surface area (Å²) in [5.41, 5.74) is -0.999. The van der Waals surface area contributed by atoms with E-state index in [2.05, 4.69) is 0 Å². The third-order valence-electron chi connectivity index (χ3n) is 6.62. The van der Waals surface area contributed by atoms with Crippen molar-refractivity contribution < 1.29 is 28.7 Å². The molecule has 1 N–H and O–H groups in total. The fourth-order valence-corrected chi connectivity index (χ4v) is 4.81. The number of methoxy groups -OCH3 is 1. The molecule has 1 aromatic carbocycles. The van der Waals surface area contributed by atoms with Gasteiger partial charge in [0.25, 0.3) is 0 Å². The topological polar surface area (TPSA) is 72.8 Å². The minimum absolute atomic E-state index is 0.121. The Bertz CT molecular complexity index is 687. The lowest BCUT2D eigenvalue weighted by atomic mass is 9.80. The number of carbonyl (C=O) groups is 2. The highest BCUT2D eigenvalue weighted by Gasteiger charge is 2.50. The van der Waals surface area contributed by atoms with Crippen LogP contribution in [0.2, 0.25) is 0 Å². The lowest BCUT2D eigenvalue weighted by Gasteiger charge is -2.34. The average Bonchev–Trinajstić information content (AvgIpc) is 3.39. The number of hydrogen-bond donors (Lipinski definition) is 1. The molecule has 6 nitrogen and oxygen atoms in total. The summed E-state index contributed by atoms with van der Waals surface area (Å²) >= 11 is 0. The third-order valence-corrected chi connectivity index (χ3v) is 6.62. The number of hydrogen-bond acceptors (Lipinski definition) is 5. The highest BCUT2D eigenvalue weighted by molar-refractivity contribution is 5.81. The van der Waals surface area contributed by atoms with Gasteiger partial charge in [0.1, 0.15) is 6.54 Å². The lowest BCUT2D eigenvalue weighted by Crippen LogP contribution is -2.51. The van der Waals surface area contributed by atoms with E-state index >= 15 is 0 Å². The van der Waals surface area contributed by atoms with Gasteiger partial charge in [0.15, 0.2) is 18.2 Å². The van der Waals surface area contributed by atoms with E-state index in [4.69, 9.17) is 9.47 Å². The molecule has 0 bridgehead atoms. The highest BCUT2D eigenvalue weighted by atomic mass is 16.6. The van der Waals surface area contributed by atoms with Crippen molar-refractivity contribution in [2.45, 2.75) is 50.7 Å². The number of likely N-dealkylation sites (tertiary alicyclic amines) is 1. The van der Waals surface area contributed by atoms with Gasteiger partial charge >= 0.3 is 11.9 Å². The number of benzene rings is 1. The number of rotatable bonds is 7. The molecule has 0 aromatic heterocycles. The normalized spacial score (nSPS) is 27.3. The van der Waals surface area contributed by atoms with E-state index in [1.807, 2.05) is 25.1 Å². The van der Waals surface area contributed by atoms with E-state index in [1.165, 1.54) is 7.11 Å². The molecule has 0 amide bonds. The van der Waals surface area contributed by atoms with Crippen LogP contribution in [0, 0.1) is 5.92 Å². The Balaban J connectivity index is 1.75. The second kappa shape index (κ2) is 8.62. The van der Waals surface area contributed by atoms with Gasteiger partial charge in [-0.3, -0.25) is 0 Å². The molecule has 1 saturated carbocycles. The summed E-state index contributed by atoms with van der Waals surface area (Å²) < 4.78 is 11.2. The van der Waals surface area contributed by atoms with Crippen LogP contribution in [0.3, 0.4) is 0 Å². The van der Waals surface area contributed by atoms with E-state index in [0.717, 1.165) is 38.8 Å². The maximum Gasteiger partial charge on any atom is 0.361 e. The number of carbonyl (C=O) groups excluding carboxylic acids is 2. The maximum absolute atomic E-state index is 13.2. The van der Waals surface area contributed by atoms with Gasteiger partial charge in [0, 0.05) is 12.3 Å². The van der Waals surface area contributed by atoms with Gasteiger partial charge in [-0.2, -0.15) is 0 Å². The molecule has 0 radical (unpaired) electrons. The van der Waals surface area contributed by atoms with E-state index in [0.29, 0.717) is 23.0 Å². The van der Waals surface area contributed by atoms with Crippen molar-refractivity contribution in [2.24, 2.45) is 5.92 Å². The summed E-state index contributed by atoms with van der Waals surface area (Å²) in [7, 11) is 1.39. The fraction of sp³-hybridized carbons (Fsp3) is 0.636. The van der Waals surface area contributed by atoms with Crippen LogP contribution in [-0.4, -0.2) is 60.9 Å². The Morgan fingerprint density at radius 2 is 1.86 bits per heavy atom. The van der Waals surface area contributed by atoms with Crippen molar-refractivity contribution in [1.82, 2.24) is 0 Å². The fourth-order valence-electron chi connectivity index (χ4n) is 4.81. The Morgan fingerprint density at radius 3 is 2.46 bits per heavy atom. The summed E-state index contributed by atoms with van der Waals surface area (Å²) in [6.45, 7) is 4.43. The lowest BCUT2D eigenvalue weighted by molar-refractivity contribution is -0.909. The zero-order valence-corrected chi connectivity index (χ0v) is 16.9. The Morgan fingerprint density at radius 1 is 1.18 bits per heavy atom. The van der Waals surface area contributed by atoms with Crippen LogP contribution in [0.15, 0.2) is 30.3 Å². The van der Waals surface area contributed by atoms with Crippen LogP contribution in [0.5, 0.6) is 0 Å². The summed E-state index contributed by atoms with van der Waals surface area (Å²) in [5, 5.41) is 11.5. The second-order valence-electron chi connectivity index (χ2n) is 8.23. The first-order valence-electron chi connectivity index (χ1n) is 10.3.